The third-order valence-corrected chi connectivity index (χ3v) is 3.36. The van der Waals surface area contributed by atoms with Crippen molar-refractivity contribution in [3.63, 3.8) is 0 Å². The normalized spacial score (nSPS) is 14.7. The molecule has 3 rings (SSSR count). The minimum absolute atomic E-state index is 0.553. The first-order valence-electron chi connectivity index (χ1n) is 6.95. The topological polar surface area (TPSA) is 34.1 Å². The van der Waals surface area contributed by atoms with Gasteiger partial charge < -0.3 is 10.1 Å². The van der Waals surface area contributed by atoms with Crippen LogP contribution in [-0.4, -0.2) is 18.1 Å². The Bertz CT molecular complexity index is 576. The van der Waals surface area contributed by atoms with E-state index in [1.807, 2.05) is 42.6 Å². The predicted molar refractivity (Wildman–Crippen MR) is 80.5 cm³/mol. The van der Waals surface area contributed by atoms with E-state index in [1.54, 1.807) is 0 Å². The number of hydrogen-bond acceptors (Lipinski definition) is 3. The minimum Gasteiger partial charge on any atom is -0.473 e. The highest BCUT2D eigenvalue weighted by atomic mass is 16.5. The van der Waals surface area contributed by atoms with Crippen LogP contribution in [0.1, 0.15) is 17.5 Å². The largest absolute Gasteiger partial charge is 0.473 e. The van der Waals surface area contributed by atoms with E-state index in [1.165, 1.54) is 11.1 Å². The maximum Gasteiger partial charge on any atom is 0.213 e. The quantitative estimate of drug-likeness (QED) is 0.923. The van der Waals surface area contributed by atoms with Gasteiger partial charge in [-0.05, 0) is 35.7 Å². The summed E-state index contributed by atoms with van der Waals surface area (Å²) in [5.41, 5.74) is 3.64. The van der Waals surface area contributed by atoms with Gasteiger partial charge in [0.05, 0.1) is 0 Å². The molecule has 1 aliphatic heterocycles. The average molecular weight is 266 g/mol. The van der Waals surface area contributed by atoms with Crippen molar-refractivity contribution in [2.24, 2.45) is 0 Å². The summed E-state index contributed by atoms with van der Waals surface area (Å²) < 4.78 is 5.69. The van der Waals surface area contributed by atoms with Gasteiger partial charge in [0.2, 0.25) is 5.88 Å². The van der Waals surface area contributed by atoms with Crippen LogP contribution in [0.25, 0.3) is 5.57 Å². The van der Waals surface area contributed by atoms with Crippen LogP contribution in [0.3, 0.4) is 0 Å². The molecule has 0 radical (unpaired) electrons. The highest BCUT2D eigenvalue weighted by Gasteiger charge is 2.06. The van der Waals surface area contributed by atoms with Crippen LogP contribution in [-0.2, 0) is 6.61 Å². The summed E-state index contributed by atoms with van der Waals surface area (Å²) in [6.45, 7) is 2.54. The Morgan fingerprint density at radius 1 is 1.10 bits per heavy atom. The fourth-order valence-electron chi connectivity index (χ4n) is 2.25. The van der Waals surface area contributed by atoms with Gasteiger partial charge in [-0.1, -0.05) is 36.4 Å². The molecule has 1 aliphatic rings. The lowest BCUT2D eigenvalue weighted by molar-refractivity contribution is 0.294. The van der Waals surface area contributed by atoms with Gasteiger partial charge in [0.25, 0.3) is 0 Å². The molecule has 0 fully saturated rings. The molecule has 0 aliphatic carbocycles. The molecule has 3 heteroatoms. The molecule has 102 valence electrons. The highest BCUT2D eigenvalue weighted by Crippen LogP contribution is 2.18. The molecule has 1 aromatic heterocycles. The number of aromatic nitrogens is 1. The van der Waals surface area contributed by atoms with Gasteiger partial charge in [-0.25, -0.2) is 4.98 Å². The van der Waals surface area contributed by atoms with Crippen LogP contribution in [0.2, 0.25) is 0 Å². The summed E-state index contributed by atoms with van der Waals surface area (Å²) in [5, 5.41) is 3.37. The molecule has 20 heavy (non-hydrogen) atoms. The zero-order valence-electron chi connectivity index (χ0n) is 11.4. The fourth-order valence-corrected chi connectivity index (χ4v) is 2.25. The van der Waals surface area contributed by atoms with E-state index in [0.29, 0.717) is 12.5 Å². The number of rotatable bonds is 4. The summed E-state index contributed by atoms with van der Waals surface area (Å²) in [5.74, 6) is 0.668. The minimum atomic E-state index is 0.553. The van der Waals surface area contributed by atoms with E-state index < -0.39 is 0 Å². The van der Waals surface area contributed by atoms with Gasteiger partial charge in [0.15, 0.2) is 0 Å². The first-order chi connectivity index (χ1) is 9.92. The molecule has 0 atom stereocenters. The molecular weight excluding hydrogens is 248 g/mol. The van der Waals surface area contributed by atoms with Gasteiger partial charge in [-0.15, -0.1) is 0 Å². The van der Waals surface area contributed by atoms with Gasteiger partial charge in [0, 0.05) is 18.8 Å². The van der Waals surface area contributed by atoms with Gasteiger partial charge >= 0.3 is 0 Å². The van der Waals surface area contributed by atoms with Crippen molar-refractivity contribution in [2.45, 2.75) is 13.0 Å². The zero-order valence-corrected chi connectivity index (χ0v) is 11.4. The Morgan fingerprint density at radius 2 is 2.00 bits per heavy atom. The second-order valence-electron chi connectivity index (χ2n) is 4.85. The maximum absolute atomic E-state index is 5.69. The monoisotopic (exact) mass is 266 g/mol. The van der Waals surface area contributed by atoms with Crippen molar-refractivity contribution < 1.29 is 4.74 Å². The number of nitrogens with zero attached hydrogens (tertiary/aromatic N) is 1. The van der Waals surface area contributed by atoms with Crippen LogP contribution in [0.15, 0.2) is 54.7 Å². The number of hydrogen-bond donors (Lipinski definition) is 1. The maximum atomic E-state index is 5.69. The molecule has 0 saturated heterocycles. The molecular formula is C17H18N2O. The molecule has 0 spiro atoms. The average Bonchev–Trinajstić information content (AvgIpc) is 2.55. The third kappa shape index (κ3) is 3.25. The van der Waals surface area contributed by atoms with E-state index >= 15 is 0 Å². The van der Waals surface area contributed by atoms with Crippen LogP contribution in [0.4, 0.5) is 0 Å². The number of nitrogens with one attached hydrogen (secondary N) is 1. The second-order valence-corrected chi connectivity index (χ2v) is 4.85. The van der Waals surface area contributed by atoms with E-state index in [0.717, 1.165) is 25.1 Å². The Labute approximate surface area is 119 Å². The first kappa shape index (κ1) is 12.9. The molecule has 0 unspecified atom stereocenters. The number of benzene rings is 1. The Kier molecular flexibility index (Phi) is 4.09. The molecule has 0 saturated carbocycles. The highest BCUT2D eigenvalue weighted by molar-refractivity contribution is 5.67. The molecule has 2 heterocycles. The van der Waals surface area contributed by atoms with Crippen molar-refractivity contribution in [1.82, 2.24) is 10.3 Å². The summed E-state index contributed by atoms with van der Waals surface area (Å²) >= 11 is 0. The number of ether oxygens (including phenoxy) is 1. The lowest BCUT2D eigenvalue weighted by atomic mass is 10.0. The fraction of sp³-hybridized carbons (Fsp3) is 0.235. The second kappa shape index (κ2) is 6.35. The Hall–Kier alpha value is -2.13. The van der Waals surface area contributed by atoms with Crippen molar-refractivity contribution in [3.8, 4) is 5.88 Å². The van der Waals surface area contributed by atoms with Crippen molar-refractivity contribution in [1.29, 1.82) is 0 Å². The SMILES string of the molecule is C1=C(c2ccc(OCc3ccccc3)nc2)CNCC1. The standard InChI is InChI=1S/C17H18N2O/c1-2-5-14(6-3-1)13-20-17-9-8-16(12-19-17)15-7-4-10-18-11-15/h1-3,5-9,12,18H,4,10-11,13H2. The molecule has 1 N–H and O–H groups in total. The zero-order chi connectivity index (χ0) is 13.6. The Morgan fingerprint density at radius 3 is 2.70 bits per heavy atom. The van der Waals surface area contributed by atoms with Crippen LogP contribution in [0.5, 0.6) is 5.88 Å². The lowest BCUT2D eigenvalue weighted by Crippen LogP contribution is -2.21. The van der Waals surface area contributed by atoms with E-state index in [4.69, 9.17) is 4.74 Å². The molecule has 1 aromatic carbocycles. The van der Waals surface area contributed by atoms with Crippen LogP contribution < -0.4 is 10.1 Å². The summed E-state index contributed by atoms with van der Waals surface area (Å²) in [4.78, 5) is 4.38. The third-order valence-electron chi connectivity index (χ3n) is 3.36. The van der Waals surface area contributed by atoms with E-state index in [2.05, 4.69) is 22.4 Å². The first-order valence-corrected chi connectivity index (χ1v) is 6.95. The Balaban J connectivity index is 1.63. The van der Waals surface area contributed by atoms with Crippen molar-refractivity contribution in [2.75, 3.05) is 13.1 Å². The molecule has 0 amide bonds. The summed E-state index contributed by atoms with van der Waals surface area (Å²) in [6, 6.07) is 14.1. The molecule has 0 bridgehead atoms. The van der Waals surface area contributed by atoms with Crippen molar-refractivity contribution in [3.05, 3.63) is 65.9 Å². The van der Waals surface area contributed by atoms with E-state index in [9.17, 15) is 0 Å². The van der Waals surface area contributed by atoms with Gasteiger partial charge in [-0.3, -0.25) is 0 Å². The van der Waals surface area contributed by atoms with Crippen LogP contribution in [0, 0.1) is 0 Å². The smallest absolute Gasteiger partial charge is 0.213 e. The molecule has 3 nitrogen and oxygen atoms in total. The van der Waals surface area contributed by atoms with Crippen molar-refractivity contribution >= 4 is 5.57 Å². The van der Waals surface area contributed by atoms with Gasteiger partial charge in [0.1, 0.15) is 6.61 Å². The summed E-state index contributed by atoms with van der Waals surface area (Å²) in [6.07, 6.45) is 5.25. The number of pyridine rings is 1. The van der Waals surface area contributed by atoms with Gasteiger partial charge in [-0.2, -0.15) is 0 Å². The lowest BCUT2D eigenvalue weighted by Gasteiger charge is -2.14. The predicted octanol–water partition coefficient (Wildman–Crippen LogP) is 3.04. The van der Waals surface area contributed by atoms with Crippen LogP contribution >= 0.6 is 0 Å². The summed E-state index contributed by atoms with van der Waals surface area (Å²) in [7, 11) is 0. The molecule has 2 aromatic rings. The van der Waals surface area contributed by atoms with E-state index in [-0.39, 0.29) is 0 Å².